The predicted octanol–water partition coefficient (Wildman–Crippen LogP) is 3.50. The number of ketones is 1. The number of hydrogen-bond acceptors (Lipinski definition) is 5. The maximum Gasteiger partial charge on any atom is 0.738 e. The van der Waals surface area contributed by atoms with Gasteiger partial charge in [0.05, 0.1) is 12.7 Å². The first kappa shape index (κ1) is 13.6. The van der Waals surface area contributed by atoms with Crippen LogP contribution in [0, 0.1) is 6.92 Å². The molecular formula is C11H11BrO5P+. The number of rotatable bonds is 4. The van der Waals surface area contributed by atoms with Gasteiger partial charge in [-0.1, -0.05) is 15.9 Å². The van der Waals surface area contributed by atoms with Crippen molar-refractivity contribution in [2.45, 2.75) is 19.8 Å². The number of benzene rings is 1. The van der Waals surface area contributed by atoms with Gasteiger partial charge < -0.3 is 0 Å². The normalized spacial score (nSPS) is 14.6. The Morgan fingerprint density at radius 3 is 2.78 bits per heavy atom. The van der Waals surface area contributed by atoms with Gasteiger partial charge in [0.2, 0.25) is 0 Å². The van der Waals surface area contributed by atoms with E-state index in [4.69, 9.17) is 4.89 Å². The first-order chi connectivity index (χ1) is 8.54. The molecule has 1 unspecified atom stereocenters. The van der Waals surface area contributed by atoms with Crippen LogP contribution in [0.4, 0.5) is 0 Å². The highest BCUT2D eigenvalue weighted by Crippen LogP contribution is 2.39. The summed E-state index contributed by atoms with van der Waals surface area (Å²) < 4.78 is 20.9. The van der Waals surface area contributed by atoms with Gasteiger partial charge in [-0.05, 0) is 30.5 Å². The van der Waals surface area contributed by atoms with Crippen LogP contribution in [0.1, 0.15) is 27.9 Å². The summed E-state index contributed by atoms with van der Waals surface area (Å²) in [5, 5.41) is 0. The van der Waals surface area contributed by atoms with Crippen molar-refractivity contribution in [2.75, 3.05) is 7.11 Å². The minimum atomic E-state index is -2.34. The number of aryl methyl sites for hydroxylation is 1. The molecule has 1 aliphatic carbocycles. The molecule has 0 bridgehead atoms. The molecule has 1 aromatic rings. The molecule has 0 N–H and O–H groups in total. The van der Waals surface area contributed by atoms with E-state index in [1.807, 2.05) is 6.92 Å². The Kier molecular flexibility index (Phi) is 4.12. The molecule has 96 valence electrons. The van der Waals surface area contributed by atoms with E-state index in [2.05, 4.69) is 25.1 Å². The molecule has 0 fully saturated rings. The van der Waals surface area contributed by atoms with E-state index < -0.39 is 8.25 Å². The van der Waals surface area contributed by atoms with E-state index in [0.29, 0.717) is 18.4 Å². The molecule has 18 heavy (non-hydrogen) atoms. The predicted molar refractivity (Wildman–Crippen MR) is 67.9 cm³/mol. The number of carbonyl (C=O) groups is 1. The Balaban J connectivity index is 2.36. The Hall–Kier alpha value is -0.810. The summed E-state index contributed by atoms with van der Waals surface area (Å²) >= 11 is 3.46. The number of carbonyl (C=O) groups excluding carboxylic acids is 1. The molecule has 0 heterocycles. The number of halogens is 1. The van der Waals surface area contributed by atoms with E-state index in [0.717, 1.165) is 15.6 Å². The topological polar surface area (TPSA) is 61.8 Å². The highest BCUT2D eigenvalue weighted by molar-refractivity contribution is 9.10. The van der Waals surface area contributed by atoms with Crippen LogP contribution in [0.2, 0.25) is 0 Å². The molecule has 0 saturated heterocycles. The van der Waals surface area contributed by atoms with E-state index in [9.17, 15) is 9.36 Å². The van der Waals surface area contributed by atoms with Gasteiger partial charge in [-0.15, -0.1) is 4.52 Å². The van der Waals surface area contributed by atoms with E-state index in [1.165, 1.54) is 7.11 Å². The monoisotopic (exact) mass is 333 g/mol. The van der Waals surface area contributed by atoms with Crippen molar-refractivity contribution >= 4 is 30.0 Å². The first-order valence-electron chi connectivity index (χ1n) is 5.25. The van der Waals surface area contributed by atoms with E-state index in [-0.39, 0.29) is 11.5 Å². The molecule has 0 amide bonds. The van der Waals surface area contributed by atoms with Gasteiger partial charge in [0.25, 0.3) is 0 Å². The summed E-state index contributed by atoms with van der Waals surface area (Å²) in [5.74, 6) is 0.283. The van der Waals surface area contributed by atoms with E-state index >= 15 is 0 Å². The van der Waals surface area contributed by atoms with Gasteiger partial charge in [-0.3, -0.25) is 9.68 Å². The van der Waals surface area contributed by atoms with Crippen molar-refractivity contribution in [3.63, 3.8) is 0 Å². The van der Waals surface area contributed by atoms with Crippen molar-refractivity contribution in [1.29, 1.82) is 0 Å². The standard InChI is InChI=1S/C11H11BrO5P/c1-6-5-9(16-17-18(14)15-2)10-7(11(6)12)3-4-8(10)13/h5H,3-4H2,1-2H3/q+1. The zero-order valence-electron chi connectivity index (χ0n) is 9.86. The van der Waals surface area contributed by atoms with Crippen LogP contribution in [0.5, 0.6) is 5.75 Å². The van der Waals surface area contributed by atoms with Crippen molar-refractivity contribution < 1.29 is 23.4 Å². The maximum atomic E-state index is 11.8. The third kappa shape index (κ3) is 2.47. The second-order valence-electron chi connectivity index (χ2n) is 3.85. The molecule has 1 atom stereocenters. The third-order valence-electron chi connectivity index (χ3n) is 2.72. The van der Waals surface area contributed by atoms with Crippen molar-refractivity contribution in [3.8, 4) is 5.75 Å². The first-order valence-corrected chi connectivity index (χ1v) is 7.14. The fourth-order valence-corrected chi connectivity index (χ4v) is 2.61. The fourth-order valence-electron chi connectivity index (χ4n) is 1.90. The van der Waals surface area contributed by atoms with Gasteiger partial charge in [0, 0.05) is 15.5 Å². The van der Waals surface area contributed by atoms with Crippen LogP contribution in [-0.2, 0) is 20.2 Å². The maximum absolute atomic E-state index is 11.8. The highest BCUT2D eigenvalue weighted by Gasteiger charge is 2.30. The van der Waals surface area contributed by atoms with Crippen molar-refractivity contribution in [1.82, 2.24) is 0 Å². The Morgan fingerprint density at radius 1 is 1.39 bits per heavy atom. The summed E-state index contributed by atoms with van der Waals surface area (Å²) in [6, 6.07) is 1.67. The summed E-state index contributed by atoms with van der Waals surface area (Å²) in [5.41, 5.74) is 2.33. The molecule has 5 nitrogen and oxygen atoms in total. The second kappa shape index (κ2) is 5.45. The molecule has 0 saturated carbocycles. The van der Waals surface area contributed by atoms with Crippen LogP contribution in [-0.4, -0.2) is 12.9 Å². The molecule has 1 aliphatic rings. The van der Waals surface area contributed by atoms with Crippen LogP contribution in [0.25, 0.3) is 0 Å². The summed E-state index contributed by atoms with van der Waals surface area (Å²) in [6.45, 7) is 1.89. The van der Waals surface area contributed by atoms with Crippen LogP contribution in [0.3, 0.4) is 0 Å². The Labute approximate surface area is 113 Å². The average Bonchev–Trinajstić information content (AvgIpc) is 2.74. The zero-order chi connectivity index (χ0) is 13.3. The number of fused-ring (bicyclic) bond motifs is 1. The minimum absolute atomic E-state index is 0.00283. The van der Waals surface area contributed by atoms with Gasteiger partial charge in [-0.2, -0.15) is 0 Å². The lowest BCUT2D eigenvalue weighted by Gasteiger charge is -2.08. The van der Waals surface area contributed by atoms with Crippen molar-refractivity contribution in [3.05, 3.63) is 27.2 Å². The zero-order valence-corrected chi connectivity index (χ0v) is 12.3. The number of Topliss-reactive ketones (excluding diaryl/α,β-unsaturated/α-hetero) is 1. The molecule has 1 aromatic carbocycles. The van der Waals surface area contributed by atoms with Crippen LogP contribution in [0.15, 0.2) is 10.5 Å². The van der Waals surface area contributed by atoms with Gasteiger partial charge >= 0.3 is 8.25 Å². The van der Waals surface area contributed by atoms with Crippen molar-refractivity contribution in [2.24, 2.45) is 0 Å². The second-order valence-corrected chi connectivity index (χ2v) is 5.60. The molecule has 0 radical (unpaired) electrons. The molecule has 0 aromatic heterocycles. The van der Waals surface area contributed by atoms with Crippen LogP contribution < -0.4 is 4.89 Å². The van der Waals surface area contributed by atoms with Gasteiger partial charge in [0.15, 0.2) is 11.5 Å². The smallest absolute Gasteiger partial charge is 0.294 e. The Morgan fingerprint density at radius 2 is 2.11 bits per heavy atom. The van der Waals surface area contributed by atoms with E-state index in [1.54, 1.807) is 6.07 Å². The average molecular weight is 334 g/mol. The molecule has 0 spiro atoms. The lowest BCUT2D eigenvalue weighted by molar-refractivity contribution is -0.104. The molecular weight excluding hydrogens is 323 g/mol. The summed E-state index contributed by atoms with van der Waals surface area (Å²) in [6.07, 6.45) is 1.12. The number of hydrogen-bond donors (Lipinski definition) is 0. The third-order valence-corrected chi connectivity index (χ3v) is 4.32. The van der Waals surface area contributed by atoms with Gasteiger partial charge in [0.1, 0.15) is 4.67 Å². The van der Waals surface area contributed by atoms with Crippen LogP contribution >= 0.6 is 24.2 Å². The lowest BCUT2D eigenvalue weighted by atomic mass is 10.1. The van der Waals surface area contributed by atoms with Gasteiger partial charge in [-0.25, -0.2) is 0 Å². The summed E-state index contributed by atoms with van der Waals surface area (Å²) in [7, 11) is -1.09. The highest BCUT2D eigenvalue weighted by atomic mass is 79.9. The molecule has 7 heteroatoms. The Bertz CT molecular complexity index is 529. The fraction of sp³-hybridized carbons (Fsp3) is 0.364. The molecule has 2 rings (SSSR count). The summed E-state index contributed by atoms with van der Waals surface area (Å²) in [4.78, 5) is 16.8. The quantitative estimate of drug-likeness (QED) is 0.479. The minimum Gasteiger partial charge on any atom is -0.294 e. The largest absolute Gasteiger partial charge is 0.738 e. The molecule has 0 aliphatic heterocycles. The SMILES string of the molecule is CO[P+](=O)OOc1cc(C)c(Br)c2c1C(=O)CC2. The lowest BCUT2D eigenvalue weighted by Crippen LogP contribution is -2.01.